The Hall–Kier alpha value is -0.170. The second-order valence-corrected chi connectivity index (χ2v) is 3.22. The molecular weight excluding hydrogens is 128 g/mol. The van der Waals surface area contributed by atoms with Gasteiger partial charge in [-0.1, -0.05) is 30.7 Å². The average Bonchev–Trinajstić information content (AvgIpc) is 1.80. The van der Waals surface area contributed by atoms with Crippen LogP contribution in [0.4, 0.5) is 0 Å². The molecule has 0 aromatic rings. The smallest absolute Gasteiger partial charge is 0.0262 e. The summed E-state index contributed by atoms with van der Waals surface area (Å²) in [5.74, 6) is 0.594. The zero-order valence-electron chi connectivity index (χ0n) is 5.83. The molecule has 0 aromatic carbocycles. The molecule has 9 heavy (non-hydrogen) atoms. The molecule has 0 heterocycles. The van der Waals surface area contributed by atoms with Crippen LogP contribution in [0, 0.1) is 5.92 Å². The fourth-order valence-electron chi connectivity index (χ4n) is 0.894. The van der Waals surface area contributed by atoms with Crippen LogP contribution in [0.1, 0.15) is 13.8 Å². The molecule has 2 atom stereocenters. The van der Waals surface area contributed by atoms with Crippen molar-refractivity contribution < 1.29 is 0 Å². The maximum atomic E-state index is 4.39. The summed E-state index contributed by atoms with van der Waals surface area (Å²) in [7, 11) is 0. The van der Waals surface area contributed by atoms with Crippen molar-refractivity contribution in [1.82, 2.24) is 0 Å². The van der Waals surface area contributed by atoms with Crippen molar-refractivity contribution in [2.24, 2.45) is 5.92 Å². The van der Waals surface area contributed by atoms with Crippen molar-refractivity contribution in [3.63, 3.8) is 0 Å². The van der Waals surface area contributed by atoms with E-state index in [2.05, 4.69) is 44.7 Å². The number of allylic oxidation sites excluding steroid dienone is 3. The molecule has 1 aliphatic carbocycles. The van der Waals surface area contributed by atoms with Crippen molar-refractivity contribution in [1.29, 1.82) is 0 Å². The third-order valence-corrected chi connectivity index (χ3v) is 2.25. The first kappa shape index (κ1) is 6.94. The quantitative estimate of drug-likeness (QED) is 0.491. The third kappa shape index (κ3) is 1.62. The van der Waals surface area contributed by atoms with Gasteiger partial charge in [0, 0.05) is 5.25 Å². The Kier molecular flexibility index (Phi) is 2.01. The lowest BCUT2D eigenvalue weighted by atomic mass is 9.99. The Morgan fingerprint density at radius 2 is 2.22 bits per heavy atom. The van der Waals surface area contributed by atoms with Gasteiger partial charge in [-0.2, -0.15) is 12.6 Å². The zero-order valence-corrected chi connectivity index (χ0v) is 6.73. The molecule has 0 spiro atoms. The van der Waals surface area contributed by atoms with Gasteiger partial charge in [0.15, 0.2) is 0 Å². The summed E-state index contributed by atoms with van der Waals surface area (Å²) < 4.78 is 0. The highest BCUT2D eigenvalue weighted by molar-refractivity contribution is 7.81. The topological polar surface area (TPSA) is 0 Å². The van der Waals surface area contributed by atoms with Crippen LogP contribution in [-0.4, -0.2) is 5.25 Å². The molecule has 0 nitrogen and oxygen atoms in total. The Balaban J connectivity index is 2.70. The van der Waals surface area contributed by atoms with Gasteiger partial charge in [-0.05, 0) is 12.8 Å². The summed E-state index contributed by atoms with van der Waals surface area (Å²) >= 11 is 4.39. The van der Waals surface area contributed by atoms with E-state index < -0.39 is 0 Å². The molecule has 0 amide bonds. The number of thiol groups is 1. The molecule has 50 valence electrons. The molecule has 0 radical (unpaired) electrons. The van der Waals surface area contributed by atoms with Crippen molar-refractivity contribution in [3.8, 4) is 0 Å². The lowest BCUT2D eigenvalue weighted by Crippen LogP contribution is -2.09. The van der Waals surface area contributed by atoms with Gasteiger partial charge in [0.05, 0.1) is 0 Å². The van der Waals surface area contributed by atoms with E-state index in [4.69, 9.17) is 0 Å². The fraction of sp³-hybridized carbons (Fsp3) is 0.500. The molecule has 0 bridgehead atoms. The molecule has 1 rings (SSSR count). The van der Waals surface area contributed by atoms with Crippen molar-refractivity contribution >= 4 is 12.6 Å². The van der Waals surface area contributed by atoms with Crippen LogP contribution in [0.5, 0.6) is 0 Å². The molecular formula is C8H12S. The monoisotopic (exact) mass is 140 g/mol. The van der Waals surface area contributed by atoms with Crippen LogP contribution in [-0.2, 0) is 0 Å². The van der Waals surface area contributed by atoms with Crippen LogP contribution >= 0.6 is 12.6 Å². The summed E-state index contributed by atoms with van der Waals surface area (Å²) in [5, 5.41) is 0.426. The molecule has 1 aliphatic rings. The molecule has 1 heteroatoms. The third-order valence-electron chi connectivity index (χ3n) is 1.64. The molecule has 0 saturated heterocycles. The van der Waals surface area contributed by atoms with E-state index >= 15 is 0 Å². The van der Waals surface area contributed by atoms with E-state index in [0.29, 0.717) is 11.2 Å². The predicted octanol–water partition coefficient (Wildman–Crippen LogP) is 2.44. The van der Waals surface area contributed by atoms with Gasteiger partial charge in [0.25, 0.3) is 0 Å². The Morgan fingerprint density at radius 3 is 2.67 bits per heavy atom. The maximum Gasteiger partial charge on any atom is 0.0262 e. The van der Waals surface area contributed by atoms with Crippen LogP contribution in [0.3, 0.4) is 0 Å². The van der Waals surface area contributed by atoms with Crippen LogP contribution in [0.2, 0.25) is 0 Å². The number of hydrogen-bond donors (Lipinski definition) is 1. The van der Waals surface area contributed by atoms with E-state index in [9.17, 15) is 0 Å². The summed E-state index contributed by atoms with van der Waals surface area (Å²) in [5.41, 5.74) is 1.33. The van der Waals surface area contributed by atoms with Gasteiger partial charge in [0.1, 0.15) is 0 Å². The predicted molar refractivity (Wildman–Crippen MR) is 44.8 cm³/mol. The summed E-state index contributed by atoms with van der Waals surface area (Å²) in [6, 6.07) is 0. The van der Waals surface area contributed by atoms with E-state index in [-0.39, 0.29) is 0 Å². The van der Waals surface area contributed by atoms with E-state index in [1.165, 1.54) is 5.57 Å². The largest absolute Gasteiger partial charge is 0.171 e. The number of hydrogen-bond acceptors (Lipinski definition) is 1. The van der Waals surface area contributed by atoms with Crippen molar-refractivity contribution in [2.75, 3.05) is 0 Å². The van der Waals surface area contributed by atoms with Crippen molar-refractivity contribution in [2.45, 2.75) is 19.1 Å². The van der Waals surface area contributed by atoms with Crippen LogP contribution in [0.25, 0.3) is 0 Å². The molecule has 0 fully saturated rings. The van der Waals surface area contributed by atoms with Gasteiger partial charge < -0.3 is 0 Å². The first-order valence-corrected chi connectivity index (χ1v) is 3.76. The molecule has 2 unspecified atom stereocenters. The summed E-state index contributed by atoms with van der Waals surface area (Å²) in [6.45, 7) is 4.28. The summed E-state index contributed by atoms with van der Waals surface area (Å²) in [4.78, 5) is 0. The minimum Gasteiger partial charge on any atom is -0.171 e. The fourth-order valence-corrected chi connectivity index (χ4v) is 1.23. The van der Waals surface area contributed by atoms with Gasteiger partial charge in [-0.15, -0.1) is 0 Å². The molecule has 0 N–H and O–H groups in total. The maximum absolute atomic E-state index is 4.39. The van der Waals surface area contributed by atoms with E-state index in [0.717, 1.165) is 0 Å². The van der Waals surface area contributed by atoms with Gasteiger partial charge >= 0.3 is 0 Å². The lowest BCUT2D eigenvalue weighted by molar-refractivity contribution is 0.751. The Labute approximate surface area is 62.1 Å². The van der Waals surface area contributed by atoms with E-state index in [1.54, 1.807) is 0 Å². The minimum absolute atomic E-state index is 0.426. The van der Waals surface area contributed by atoms with Crippen LogP contribution < -0.4 is 0 Å². The molecule has 0 aliphatic heterocycles. The minimum atomic E-state index is 0.426. The van der Waals surface area contributed by atoms with Gasteiger partial charge in [0.2, 0.25) is 0 Å². The second kappa shape index (κ2) is 2.61. The van der Waals surface area contributed by atoms with Crippen molar-refractivity contribution in [3.05, 3.63) is 23.8 Å². The average molecular weight is 140 g/mol. The first-order valence-electron chi connectivity index (χ1n) is 3.25. The first-order chi connectivity index (χ1) is 4.20. The van der Waals surface area contributed by atoms with Crippen LogP contribution in [0.15, 0.2) is 23.8 Å². The summed E-state index contributed by atoms with van der Waals surface area (Å²) in [6.07, 6.45) is 6.54. The molecule has 0 aromatic heterocycles. The van der Waals surface area contributed by atoms with E-state index in [1.807, 2.05) is 0 Å². The van der Waals surface area contributed by atoms with Gasteiger partial charge in [-0.3, -0.25) is 0 Å². The number of rotatable bonds is 0. The highest BCUT2D eigenvalue weighted by Crippen LogP contribution is 2.19. The highest BCUT2D eigenvalue weighted by Gasteiger charge is 2.09. The zero-order chi connectivity index (χ0) is 6.85. The molecule has 0 saturated carbocycles. The Morgan fingerprint density at radius 1 is 1.56 bits per heavy atom. The lowest BCUT2D eigenvalue weighted by Gasteiger charge is -2.15. The highest BCUT2D eigenvalue weighted by atomic mass is 32.1. The Bertz CT molecular complexity index is 156. The SMILES string of the molecule is CC1=CC(S)C(C)C=C1. The van der Waals surface area contributed by atoms with Gasteiger partial charge in [-0.25, -0.2) is 0 Å². The second-order valence-electron chi connectivity index (χ2n) is 2.62. The standard InChI is InChI=1S/C8H12S/c1-6-3-4-7(2)8(9)5-6/h3-5,7-9H,1-2H3. The normalized spacial score (nSPS) is 34.3.